The highest BCUT2D eigenvalue weighted by atomic mass is 32.1. The predicted octanol–water partition coefficient (Wildman–Crippen LogP) is 3.19. The number of hydrogen-bond donors (Lipinski definition) is 2. The summed E-state index contributed by atoms with van der Waals surface area (Å²) in [5.74, 6) is -0.0902. The molecule has 1 heterocycles. The Morgan fingerprint density at radius 3 is 2.59 bits per heavy atom. The van der Waals surface area contributed by atoms with Crippen LogP contribution < -0.4 is 0 Å². The summed E-state index contributed by atoms with van der Waals surface area (Å²) >= 11 is 4.42. The van der Waals surface area contributed by atoms with Crippen molar-refractivity contribution in [1.82, 2.24) is 9.55 Å². The van der Waals surface area contributed by atoms with Crippen LogP contribution in [0.1, 0.15) is 11.4 Å². The zero-order valence-electron chi connectivity index (χ0n) is 11.9. The van der Waals surface area contributed by atoms with Gasteiger partial charge in [-0.1, -0.05) is 36.4 Å². The first-order valence-corrected chi connectivity index (χ1v) is 7.52. The molecule has 0 fully saturated rings. The molecule has 0 spiro atoms. The normalized spacial score (nSPS) is 11.0. The summed E-state index contributed by atoms with van der Waals surface area (Å²) in [4.78, 5) is 16.5. The first kappa shape index (κ1) is 14.7. The molecule has 1 aromatic heterocycles. The minimum Gasteiger partial charge on any atom is -0.480 e. The minimum atomic E-state index is -0.871. The highest BCUT2D eigenvalue weighted by molar-refractivity contribution is 7.80. The van der Waals surface area contributed by atoms with E-state index in [1.165, 1.54) is 5.56 Å². The molecule has 22 heavy (non-hydrogen) atoms. The Balaban J connectivity index is 1.96. The van der Waals surface area contributed by atoms with Gasteiger partial charge in [-0.25, -0.2) is 4.98 Å². The van der Waals surface area contributed by atoms with Gasteiger partial charge in [0, 0.05) is 11.3 Å². The van der Waals surface area contributed by atoms with Gasteiger partial charge >= 0.3 is 5.97 Å². The number of aryl methyl sites for hydroxylation is 2. The molecule has 0 amide bonds. The molecule has 0 saturated carbocycles. The summed E-state index contributed by atoms with van der Waals surface area (Å²) in [7, 11) is 0. The maximum atomic E-state index is 11.2. The van der Waals surface area contributed by atoms with E-state index in [4.69, 9.17) is 5.11 Å². The number of thiol groups is 1. The Morgan fingerprint density at radius 1 is 1.09 bits per heavy atom. The van der Waals surface area contributed by atoms with Gasteiger partial charge in [0.1, 0.15) is 17.9 Å². The van der Waals surface area contributed by atoms with Crippen LogP contribution in [-0.2, 0) is 24.2 Å². The average Bonchev–Trinajstić information content (AvgIpc) is 2.85. The molecule has 0 aliphatic carbocycles. The number of carboxylic acids is 1. The molecule has 4 nitrogen and oxygen atoms in total. The van der Waals surface area contributed by atoms with Crippen LogP contribution in [0.3, 0.4) is 0 Å². The van der Waals surface area contributed by atoms with Gasteiger partial charge in [0.15, 0.2) is 0 Å². The maximum Gasteiger partial charge on any atom is 0.323 e. The van der Waals surface area contributed by atoms with Crippen molar-refractivity contribution < 1.29 is 9.90 Å². The fourth-order valence-corrected chi connectivity index (χ4v) is 2.83. The zero-order chi connectivity index (χ0) is 15.5. The van der Waals surface area contributed by atoms with E-state index in [0.29, 0.717) is 6.42 Å². The topological polar surface area (TPSA) is 55.1 Å². The summed E-state index contributed by atoms with van der Waals surface area (Å²) in [6.07, 6.45) is 1.52. The molecular formula is C17H16N2O2S. The van der Waals surface area contributed by atoms with Gasteiger partial charge in [0.05, 0.1) is 5.52 Å². The Hall–Kier alpha value is -2.27. The molecule has 0 radical (unpaired) electrons. The number of carboxylic acid groups (broad SMARTS) is 1. The van der Waals surface area contributed by atoms with E-state index in [0.717, 1.165) is 28.2 Å². The standard InChI is InChI=1S/C17H16N2O2S/c20-16(21)11-19-13-7-4-8-14(22)17(13)18-15(19)10-9-12-5-2-1-3-6-12/h1-8,22H,9-11H2,(H,20,21). The highest BCUT2D eigenvalue weighted by Crippen LogP contribution is 2.23. The summed E-state index contributed by atoms with van der Waals surface area (Å²) < 4.78 is 1.76. The Bertz CT molecular complexity index is 812. The molecule has 5 heteroatoms. The first-order valence-electron chi connectivity index (χ1n) is 7.08. The number of imidazole rings is 1. The van der Waals surface area contributed by atoms with E-state index in [1.54, 1.807) is 4.57 Å². The molecule has 1 N–H and O–H groups in total. The van der Waals surface area contributed by atoms with E-state index < -0.39 is 5.97 Å². The fraction of sp³-hybridized carbons (Fsp3) is 0.176. The smallest absolute Gasteiger partial charge is 0.323 e. The molecule has 112 valence electrons. The molecule has 0 saturated heterocycles. The van der Waals surface area contributed by atoms with Crippen molar-refractivity contribution in [2.45, 2.75) is 24.3 Å². The lowest BCUT2D eigenvalue weighted by Gasteiger charge is -2.06. The van der Waals surface area contributed by atoms with Gasteiger partial charge in [-0.15, -0.1) is 12.6 Å². The van der Waals surface area contributed by atoms with Crippen molar-refractivity contribution in [2.24, 2.45) is 0 Å². The van der Waals surface area contributed by atoms with Crippen LogP contribution >= 0.6 is 12.6 Å². The van der Waals surface area contributed by atoms with Gasteiger partial charge in [-0.2, -0.15) is 0 Å². The largest absolute Gasteiger partial charge is 0.480 e. The third-order valence-corrected chi connectivity index (χ3v) is 3.97. The van der Waals surface area contributed by atoms with Crippen LogP contribution in [0.2, 0.25) is 0 Å². The zero-order valence-corrected chi connectivity index (χ0v) is 12.8. The van der Waals surface area contributed by atoms with Crippen LogP contribution in [0.25, 0.3) is 11.0 Å². The number of benzene rings is 2. The highest BCUT2D eigenvalue weighted by Gasteiger charge is 2.14. The van der Waals surface area contributed by atoms with Crippen LogP contribution in [0.4, 0.5) is 0 Å². The summed E-state index contributed by atoms with van der Waals surface area (Å²) in [6, 6.07) is 15.7. The Morgan fingerprint density at radius 2 is 1.86 bits per heavy atom. The average molecular weight is 312 g/mol. The van der Waals surface area contributed by atoms with Crippen molar-refractivity contribution in [1.29, 1.82) is 0 Å². The number of rotatable bonds is 5. The van der Waals surface area contributed by atoms with Crippen LogP contribution in [0.5, 0.6) is 0 Å². The van der Waals surface area contributed by atoms with E-state index in [9.17, 15) is 4.79 Å². The lowest BCUT2D eigenvalue weighted by molar-refractivity contribution is -0.137. The minimum absolute atomic E-state index is 0.0855. The number of nitrogens with zero attached hydrogens (tertiary/aromatic N) is 2. The molecular weight excluding hydrogens is 296 g/mol. The molecule has 0 atom stereocenters. The van der Waals surface area contributed by atoms with Gasteiger partial charge in [0.2, 0.25) is 0 Å². The van der Waals surface area contributed by atoms with Crippen molar-refractivity contribution in [3.05, 3.63) is 59.9 Å². The van der Waals surface area contributed by atoms with Crippen molar-refractivity contribution in [3.8, 4) is 0 Å². The van der Waals surface area contributed by atoms with Crippen molar-refractivity contribution >= 4 is 29.6 Å². The van der Waals surface area contributed by atoms with Crippen LogP contribution in [-0.4, -0.2) is 20.6 Å². The lowest BCUT2D eigenvalue weighted by Crippen LogP contribution is -2.12. The Kier molecular flexibility index (Phi) is 4.15. The first-order chi connectivity index (χ1) is 10.6. The third-order valence-electron chi connectivity index (χ3n) is 3.61. The number of aliphatic carboxylic acids is 1. The van der Waals surface area contributed by atoms with E-state index >= 15 is 0 Å². The second-order valence-corrected chi connectivity index (χ2v) is 5.62. The van der Waals surface area contributed by atoms with Gasteiger partial charge in [0.25, 0.3) is 0 Å². The Labute approximate surface area is 133 Å². The fourth-order valence-electron chi connectivity index (χ4n) is 2.58. The number of carbonyl (C=O) groups is 1. The molecule has 0 unspecified atom stereocenters. The second-order valence-electron chi connectivity index (χ2n) is 5.14. The number of para-hydroxylation sites is 1. The number of aromatic nitrogens is 2. The van der Waals surface area contributed by atoms with Gasteiger partial charge in [-0.3, -0.25) is 4.79 Å². The van der Waals surface area contributed by atoms with E-state index in [-0.39, 0.29) is 6.54 Å². The quantitative estimate of drug-likeness (QED) is 0.711. The molecule has 0 bridgehead atoms. The SMILES string of the molecule is O=C(O)Cn1c(CCc2ccccc2)nc2c(S)cccc21. The molecule has 0 aliphatic rings. The molecule has 3 rings (SSSR count). The molecule has 0 aliphatic heterocycles. The summed E-state index contributed by atoms with van der Waals surface area (Å²) in [5.41, 5.74) is 2.79. The number of fused-ring (bicyclic) bond motifs is 1. The molecule has 2 aromatic carbocycles. The van der Waals surface area contributed by atoms with Crippen molar-refractivity contribution in [2.75, 3.05) is 0 Å². The predicted molar refractivity (Wildman–Crippen MR) is 88.5 cm³/mol. The van der Waals surface area contributed by atoms with Crippen LogP contribution in [0.15, 0.2) is 53.4 Å². The summed E-state index contributed by atoms with van der Waals surface area (Å²) in [5, 5.41) is 9.16. The van der Waals surface area contributed by atoms with E-state index in [2.05, 4.69) is 29.7 Å². The monoisotopic (exact) mass is 312 g/mol. The van der Waals surface area contributed by atoms with Gasteiger partial charge < -0.3 is 9.67 Å². The second kappa shape index (κ2) is 6.23. The third kappa shape index (κ3) is 2.99. The molecule has 3 aromatic rings. The van der Waals surface area contributed by atoms with Gasteiger partial charge in [-0.05, 0) is 24.1 Å². The lowest BCUT2D eigenvalue weighted by atomic mass is 10.1. The maximum absolute atomic E-state index is 11.2. The summed E-state index contributed by atoms with van der Waals surface area (Å²) in [6.45, 7) is -0.0855. The van der Waals surface area contributed by atoms with Crippen molar-refractivity contribution in [3.63, 3.8) is 0 Å². The van der Waals surface area contributed by atoms with Crippen LogP contribution in [0, 0.1) is 0 Å². The number of hydrogen-bond acceptors (Lipinski definition) is 3. The van der Waals surface area contributed by atoms with E-state index in [1.807, 2.05) is 36.4 Å².